The smallest absolute Gasteiger partial charge is 0.233 e. The molecule has 1 aromatic carbocycles. The normalized spacial score (nSPS) is 23.4. The summed E-state index contributed by atoms with van der Waals surface area (Å²) in [5, 5.41) is 3.09. The van der Waals surface area contributed by atoms with E-state index in [2.05, 4.69) is 19.2 Å². The molecule has 1 saturated heterocycles. The lowest BCUT2D eigenvalue weighted by Crippen LogP contribution is -2.36. The Morgan fingerprint density at radius 3 is 2.22 bits per heavy atom. The number of likely N-dealkylation sites (tertiary alicyclic amines) is 1. The van der Waals surface area contributed by atoms with E-state index in [4.69, 9.17) is 0 Å². The number of hydrogen-bond donors (Lipinski definition) is 1. The van der Waals surface area contributed by atoms with Crippen LogP contribution in [0.1, 0.15) is 64.0 Å². The number of imide groups is 1. The van der Waals surface area contributed by atoms with Crippen molar-refractivity contribution in [2.45, 2.75) is 58.4 Å². The number of fused-ring (bicyclic) bond motifs is 1. The Bertz CT molecular complexity index is 662. The van der Waals surface area contributed by atoms with Gasteiger partial charge >= 0.3 is 0 Å². The van der Waals surface area contributed by atoms with Crippen molar-refractivity contribution in [1.82, 2.24) is 10.2 Å². The zero-order valence-corrected chi connectivity index (χ0v) is 16.3. The fourth-order valence-corrected chi connectivity index (χ4v) is 4.37. The third-order valence-electron chi connectivity index (χ3n) is 5.74. The van der Waals surface area contributed by atoms with Gasteiger partial charge in [-0.25, -0.2) is 0 Å². The first kappa shape index (κ1) is 19.6. The Morgan fingerprint density at radius 1 is 1.07 bits per heavy atom. The maximum absolute atomic E-state index is 12.5. The molecule has 2 fully saturated rings. The number of carbonyl (C=O) groups is 3. The SMILES string of the molecule is CC(C)C[C@@H](NC(=O)CCN1C(=O)[C@H]2CCCC[C@@H]2C1=O)c1ccccc1. The molecule has 0 bridgehead atoms. The quantitative estimate of drug-likeness (QED) is 0.748. The van der Waals surface area contributed by atoms with Gasteiger partial charge in [-0.15, -0.1) is 0 Å². The van der Waals surface area contributed by atoms with Gasteiger partial charge in [0, 0.05) is 13.0 Å². The van der Waals surface area contributed by atoms with Crippen molar-refractivity contribution in [2.75, 3.05) is 6.54 Å². The summed E-state index contributed by atoms with van der Waals surface area (Å²) in [5.41, 5.74) is 1.08. The van der Waals surface area contributed by atoms with Gasteiger partial charge < -0.3 is 5.32 Å². The molecule has 5 heteroatoms. The van der Waals surface area contributed by atoms with Crippen LogP contribution in [0.15, 0.2) is 30.3 Å². The van der Waals surface area contributed by atoms with E-state index in [9.17, 15) is 14.4 Å². The average Bonchev–Trinajstić information content (AvgIpc) is 2.91. The fourth-order valence-electron chi connectivity index (χ4n) is 4.37. The zero-order chi connectivity index (χ0) is 19.4. The van der Waals surface area contributed by atoms with Gasteiger partial charge in [0.1, 0.15) is 0 Å². The standard InChI is InChI=1S/C22H30N2O3/c1-15(2)14-19(16-8-4-3-5-9-16)23-20(25)12-13-24-21(26)17-10-6-7-11-18(17)22(24)27/h3-5,8-9,15,17-19H,6-7,10-14H2,1-2H3,(H,23,25)/t17-,18-,19+/m0/s1. The number of benzene rings is 1. The summed E-state index contributed by atoms with van der Waals surface area (Å²) in [4.78, 5) is 38.9. The molecule has 1 aliphatic carbocycles. The van der Waals surface area contributed by atoms with Gasteiger partial charge in [-0.1, -0.05) is 57.0 Å². The maximum atomic E-state index is 12.5. The highest BCUT2D eigenvalue weighted by Crippen LogP contribution is 2.38. The van der Waals surface area contributed by atoms with E-state index in [1.807, 2.05) is 30.3 Å². The number of rotatable bonds is 7. The molecule has 146 valence electrons. The van der Waals surface area contributed by atoms with Crippen LogP contribution in [0.25, 0.3) is 0 Å². The Hall–Kier alpha value is -2.17. The van der Waals surface area contributed by atoms with Gasteiger partial charge in [0.15, 0.2) is 0 Å². The van der Waals surface area contributed by atoms with Crippen molar-refractivity contribution in [1.29, 1.82) is 0 Å². The van der Waals surface area contributed by atoms with Gasteiger partial charge in [0.25, 0.3) is 0 Å². The molecule has 0 unspecified atom stereocenters. The minimum atomic E-state index is -0.146. The van der Waals surface area contributed by atoms with Gasteiger partial charge in [-0.3, -0.25) is 19.3 Å². The molecule has 0 aromatic heterocycles. The molecule has 0 radical (unpaired) electrons. The monoisotopic (exact) mass is 370 g/mol. The Balaban J connectivity index is 1.58. The van der Waals surface area contributed by atoms with Crippen molar-refractivity contribution < 1.29 is 14.4 Å². The molecule has 3 amide bonds. The van der Waals surface area contributed by atoms with Crippen molar-refractivity contribution in [2.24, 2.45) is 17.8 Å². The molecule has 1 aliphatic heterocycles. The predicted molar refractivity (Wildman–Crippen MR) is 104 cm³/mol. The van der Waals surface area contributed by atoms with E-state index in [0.29, 0.717) is 5.92 Å². The first-order chi connectivity index (χ1) is 13.0. The Labute approximate surface area is 161 Å². The molecule has 3 atom stereocenters. The van der Waals surface area contributed by atoms with E-state index >= 15 is 0 Å². The summed E-state index contributed by atoms with van der Waals surface area (Å²) < 4.78 is 0. The highest BCUT2D eigenvalue weighted by molar-refractivity contribution is 6.05. The second-order valence-electron chi connectivity index (χ2n) is 8.24. The summed E-state index contributed by atoms with van der Waals surface area (Å²) in [6.45, 7) is 4.45. The fraction of sp³-hybridized carbons (Fsp3) is 0.591. The number of amides is 3. The first-order valence-corrected chi connectivity index (χ1v) is 10.2. The minimum absolute atomic E-state index is 0.0498. The highest BCUT2D eigenvalue weighted by atomic mass is 16.2. The average molecular weight is 370 g/mol. The molecule has 27 heavy (non-hydrogen) atoms. The minimum Gasteiger partial charge on any atom is -0.349 e. The molecule has 1 aromatic rings. The summed E-state index contributed by atoms with van der Waals surface area (Å²) in [6, 6.07) is 9.89. The second-order valence-corrected chi connectivity index (χ2v) is 8.24. The number of hydrogen-bond acceptors (Lipinski definition) is 3. The van der Waals surface area contributed by atoms with Crippen LogP contribution in [-0.2, 0) is 14.4 Å². The van der Waals surface area contributed by atoms with Crippen LogP contribution in [0.4, 0.5) is 0 Å². The van der Waals surface area contributed by atoms with E-state index in [1.165, 1.54) is 4.90 Å². The second kappa shape index (κ2) is 8.68. The van der Waals surface area contributed by atoms with E-state index < -0.39 is 0 Å². The summed E-state index contributed by atoms with van der Waals surface area (Å²) in [6.07, 6.45) is 4.66. The highest BCUT2D eigenvalue weighted by Gasteiger charge is 2.47. The lowest BCUT2D eigenvalue weighted by Gasteiger charge is -2.22. The molecular formula is C22H30N2O3. The molecule has 1 saturated carbocycles. The van der Waals surface area contributed by atoms with E-state index in [0.717, 1.165) is 37.7 Å². The van der Waals surface area contributed by atoms with Crippen LogP contribution in [-0.4, -0.2) is 29.2 Å². The van der Waals surface area contributed by atoms with Crippen LogP contribution in [0.5, 0.6) is 0 Å². The Kier molecular flexibility index (Phi) is 6.30. The van der Waals surface area contributed by atoms with Crippen molar-refractivity contribution in [3.05, 3.63) is 35.9 Å². The molecule has 5 nitrogen and oxygen atoms in total. The number of nitrogens with one attached hydrogen (secondary N) is 1. The lowest BCUT2D eigenvalue weighted by atomic mass is 9.81. The van der Waals surface area contributed by atoms with Crippen molar-refractivity contribution in [3.8, 4) is 0 Å². The third-order valence-corrected chi connectivity index (χ3v) is 5.74. The van der Waals surface area contributed by atoms with Crippen LogP contribution >= 0.6 is 0 Å². The molecular weight excluding hydrogens is 340 g/mol. The number of nitrogens with zero attached hydrogens (tertiary/aromatic N) is 1. The lowest BCUT2D eigenvalue weighted by molar-refractivity contribution is -0.140. The van der Waals surface area contributed by atoms with Crippen molar-refractivity contribution >= 4 is 17.7 Å². The van der Waals surface area contributed by atoms with Crippen LogP contribution in [0, 0.1) is 17.8 Å². The first-order valence-electron chi connectivity index (χ1n) is 10.2. The van der Waals surface area contributed by atoms with Gasteiger partial charge in [0.05, 0.1) is 17.9 Å². The van der Waals surface area contributed by atoms with Crippen LogP contribution < -0.4 is 5.32 Å². The van der Waals surface area contributed by atoms with Crippen LogP contribution in [0.2, 0.25) is 0 Å². The Morgan fingerprint density at radius 2 is 1.67 bits per heavy atom. The summed E-state index contributed by atoms with van der Waals surface area (Å²) in [5.74, 6) is -0.0986. The molecule has 3 rings (SSSR count). The van der Waals surface area contributed by atoms with Gasteiger partial charge in [-0.2, -0.15) is 0 Å². The van der Waals surface area contributed by atoms with E-state index in [1.54, 1.807) is 0 Å². The molecule has 0 spiro atoms. The largest absolute Gasteiger partial charge is 0.349 e. The topological polar surface area (TPSA) is 66.5 Å². The summed E-state index contributed by atoms with van der Waals surface area (Å²) in [7, 11) is 0. The van der Waals surface area contributed by atoms with E-state index in [-0.39, 0.29) is 48.6 Å². The molecule has 2 aliphatic rings. The molecule has 1 heterocycles. The number of carbonyl (C=O) groups excluding carboxylic acids is 3. The van der Waals surface area contributed by atoms with Crippen molar-refractivity contribution in [3.63, 3.8) is 0 Å². The van der Waals surface area contributed by atoms with Crippen LogP contribution in [0.3, 0.4) is 0 Å². The third kappa shape index (κ3) is 4.57. The zero-order valence-electron chi connectivity index (χ0n) is 16.3. The predicted octanol–water partition coefficient (Wildman–Crippen LogP) is 3.46. The van der Waals surface area contributed by atoms with Gasteiger partial charge in [-0.05, 0) is 30.7 Å². The summed E-state index contributed by atoms with van der Waals surface area (Å²) >= 11 is 0. The van der Waals surface area contributed by atoms with Gasteiger partial charge in [0.2, 0.25) is 17.7 Å². The molecule has 1 N–H and O–H groups in total. The maximum Gasteiger partial charge on any atom is 0.233 e.